The van der Waals surface area contributed by atoms with E-state index in [0.29, 0.717) is 12.5 Å². The van der Waals surface area contributed by atoms with E-state index in [-0.39, 0.29) is 18.1 Å². The van der Waals surface area contributed by atoms with Crippen molar-refractivity contribution in [3.8, 4) is 12.3 Å². The topological polar surface area (TPSA) is 38.3 Å². The summed E-state index contributed by atoms with van der Waals surface area (Å²) in [5.74, 6) is 2.94. The van der Waals surface area contributed by atoms with Gasteiger partial charge in [0.15, 0.2) is 0 Å². The van der Waals surface area contributed by atoms with E-state index in [1.165, 1.54) is 12.8 Å². The molecule has 1 aromatic rings. The highest BCUT2D eigenvalue weighted by Crippen LogP contribution is 2.22. The molecule has 23 heavy (non-hydrogen) atoms. The highest BCUT2D eigenvalue weighted by molar-refractivity contribution is 5.76. The van der Waals surface area contributed by atoms with Crippen LogP contribution in [0.2, 0.25) is 0 Å². The molecule has 0 aromatic heterocycles. The molecule has 1 aliphatic rings. The fourth-order valence-corrected chi connectivity index (χ4v) is 2.95. The number of terminal acetylenes is 1. The number of rotatable bonds is 7. The van der Waals surface area contributed by atoms with E-state index >= 15 is 0 Å². The second kappa shape index (κ2) is 8.74. The van der Waals surface area contributed by atoms with Crippen molar-refractivity contribution >= 4 is 5.97 Å². The Balaban J connectivity index is 1.91. The molecule has 124 valence electrons. The molecule has 0 aliphatic heterocycles. The molecule has 1 fully saturated rings. The first-order chi connectivity index (χ1) is 11.1. The van der Waals surface area contributed by atoms with Crippen LogP contribution < -0.4 is 5.32 Å². The minimum Gasteiger partial charge on any atom is -0.461 e. The summed E-state index contributed by atoms with van der Waals surface area (Å²) in [5.41, 5.74) is 1.99. The van der Waals surface area contributed by atoms with Crippen LogP contribution >= 0.6 is 0 Å². The van der Waals surface area contributed by atoms with Gasteiger partial charge >= 0.3 is 5.97 Å². The molecule has 0 spiro atoms. The van der Waals surface area contributed by atoms with E-state index in [0.717, 1.165) is 30.4 Å². The molecule has 0 heterocycles. The molecule has 1 N–H and O–H groups in total. The van der Waals surface area contributed by atoms with Crippen LogP contribution in [0.1, 0.15) is 57.1 Å². The molecular weight excluding hydrogens is 286 g/mol. The van der Waals surface area contributed by atoms with Crippen LogP contribution in [-0.2, 0) is 16.1 Å². The van der Waals surface area contributed by atoms with Crippen molar-refractivity contribution in [1.29, 1.82) is 0 Å². The quantitative estimate of drug-likeness (QED) is 0.617. The molecule has 1 aliphatic carbocycles. The molecule has 1 saturated carbocycles. The maximum absolute atomic E-state index is 12.4. The minimum atomic E-state index is -0.247. The summed E-state index contributed by atoms with van der Waals surface area (Å²) < 4.78 is 5.67. The summed E-state index contributed by atoms with van der Waals surface area (Å²) in [6.07, 6.45) is 10.6. The van der Waals surface area contributed by atoms with Gasteiger partial charge in [-0.3, -0.25) is 4.79 Å². The minimum absolute atomic E-state index is 0.106. The maximum Gasteiger partial charge on any atom is 0.323 e. The van der Waals surface area contributed by atoms with E-state index in [1.54, 1.807) is 0 Å². The lowest BCUT2D eigenvalue weighted by Crippen LogP contribution is -2.40. The van der Waals surface area contributed by atoms with Crippen molar-refractivity contribution in [1.82, 2.24) is 5.32 Å². The maximum atomic E-state index is 12.4. The van der Waals surface area contributed by atoms with Crippen LogP contribution in [0.3, 0.4) is 0 Å². The molecule has 3 nitrogen and oxygen atoms in total. The number of nitrogens with one attached hydrogen (secondary N) is 1. The summed E-state index contributed by atoms with van der Waals surface area (Å²) in [6.45, 7) is 4.89. The number of hydrogen-bond acceptors (Lipinski definition) is 3. The second-order valence-electron chi connectivity index (χ2n) is 6.75. The number of esters is 1. The number of carbonyl (C=O) groups is 1. The third kappa shape index (κ3) is 5.73. The Hall–Kier alpha value is -1.79. The normalized spacial score (nSPS) is 16.3. The fraction of sp³-hybridized carbons (Fsp3) is 0.550. The van der Waals surface area contributed by atoms with Crippen molar-refractivity contribution in [2.24, 2.45) is 5.92 Å². The van der Waals surface area contributed by atoms with Gasteiger partial charge in [-0.15, -0.1) is 6.42 Å². The average Bonchev–Trinajstić information content (AvgIpc) is 3.04. The molecule has 1 atom stereocenters. The van der Waals surface area contributed by atoms with Gasteiger partial charge in [0.1, 0.15) is 12.1 Å². The number of ether oxygens (including phenoxy) is 1. The van der Waals surface area contributed by atoms with Crippen molar-refractivity contribution in [2.75, 3.05) is 0 Å². The fourth-order valence-electron chi connectivity index (χ4n) is 2.95. The molecular formula is C20H27NO2. The molecule has 0 bridgehead atoms. The molecule has 3 heteroatoms. The zero-order valence-electron chi connectivity index (χ0n) is 14.2. The van der Waals surface area contributed by atoms with Gasteiger partial charge in [-0.2, -0.15) is 0 Å². The van der Waals surface area contributed by atoms with Gasteiger partial charge in [0.2, 0.25) is 0 Å². The number of carbonyl (C=O) groups excluding carboxylic acids is 1. The van der Waals surface area contributed by atoms with E-state index < -0.39 is 0 Å². The first kappa shape index (κ1) is 17.6. The first-order valence-electron chi connectivity index (χ1n) is 8.58. The van der Waals surface area contributed by atoms with Crippen LogP contribution in [0.25, 0.3) is 0 Å². The molecule has 0 saturated heterocycles. The van der Waals surface area contributed by atoms with E-state index in [2.05, 4.69) is 25.1 Å². The summed E-state index contributed by atoms with van der Waals surface area (Å²) >= 11 is 0. The smallest absolute Gasteiger partial charge is 0.323 e. The monoisotopic (exact) mass is 313 g/mol. The predicted molar refractivity (Wildman–Crippen MR) is 92.8 cm³/mol. The molecule has 0 unspecified atom stereocenters. The zero-order chi connectivity index (χ0) is 16.7. The molecule has 0 radical (unpaired) electrons. The SMILES string of the molecule is C#Cc1ccc(CN[C@H](CC(C)C)C(=O)OC2CCCC2)cc1. The van der Waals surface area contributed by atoms with E-state index in [1.807, 2.05) is 24.3 Å². The highest BCUT2D eigenvalue weighted by Gasteiger charge is 2.25. The van der Waals surface area contributed by atoms with Crippen LogP contribution in [0.15, 0.2) is 24.3 Å². The van der Waals surface area contributed by atoms with Gasteiger partial charge in [0, 0.05) is 12.1 Å². The van der Waals surface area contributed by atoms with Crippen LogP contribution in [0.4, 0.5) is 0 Å². The standard InChI is InChI=1S/C20H27NO2/c1-4-16-9-11-17(12-10-16)14-21-19(13-15(2)3)20(22)23-18-7-5-6-8-18/h1,9-12,15,18-19,21H,5-8,13-14H2,2-3H3/t19-/m1/s1. The Labute approximate surface area is 139 Å². The first-order valence-corrected chi connectivity index (χ1v) is 8.58. The van der Waals surface area contributed by atoms with Crippen LogP contribution in [-0.4, -0.2) is 18.1 Å². The summed E-state index contributed by atoms with van der Waals surface area (Å²) in [4.78, 5) is 12.4. The van der Waals surface area contributed by atoms with Crippen molar-refractivity contribution in [3.05, 3.63) is 35.4 Å². The van der Waals surface area contributed by atoms with Gasteiger partial charge in [0.05, 0.1) is 0 Å². The Morgan fingerprint density at radius 3 is 2.52 bits per heavy atom. The summed E-state index contributed by atoms with van der Waals surface area (Å²) in [5, 5.41) is 3.35. The molecule has 0 amide bonds. The van der Waals surface area contributed by atoms with Crippen molar-refractivity contribution in [3.63, 3.8) is 0 Å². The van der Waals surface area contributed by atoms with Gasteiger partial charge in [-0.25, -0.2) is 0 Å². The lowest BCUT2D eigenvalue weighted by atomic mass is 10.0. The second-order valence-corrected chi connectivity index (χ2v) is 6.75. The number of benzene rings is 1. The van der Waals surface area contributed by atoms with Gasteiger partial charge in [0.25, 0.3) is 0 Å². The highest BCUT2D eigenvalue weighted by atomic mass is 16.5. The third-order valence-electron chi connectivity index (χ3n) is 4.25. The lowest BCUT2D eigenvalue weighted by molar-refractivity contribution is -0.151. The zero-order valence-corrected chi connectivity index (χ0v) is 14.2. The number of hydrogen-bond donors (Lipinski definition) is 1. The summed E-state index contributed by atoms with van der Waals surface area (Å²) in [6, 6.07) is 7.59. The Bertz CT molecular complexity index is 536. The average molecular weight is 313 g/mol. The van der Waals surface area contributed by atoms with Crippen molar-refractivity contribution < 1.29 is 9.53 Å². The van der Waals surface area contributed by atoms with Gasteiger partial charge < -0.3 is 10.1 Å². The summed E-state index contributed by atoms with van der Waals surface area (Å²) in [7, 11) is 0. The Kier molecular flexibility index (Phi) is 6.67. The van der Waals surface area contributed by atoms with Gasteiger partial charge in [-0.1, -0.05) is 31.9 Å². The Morgan fingerprint density at radius 2 is 1.96 bits per heavy atom. The third-order valence-corrected chi connectivity index (χ3v) is 4.25. The van der Waals surface area contributed by atoms with E-state index in [4.69, 9.17) is 11.2 Å². The van der Waals surface area contributed by atoms with Crippen LogP contribution in [0.5, 0.6) is 0 Å². The van der Waals surface area contributed by atoms with Crippen LogP contribution in [0, 0.1) is 18.3 Å². The molecule has 1 aromatic carbocycles. The largest absolute Gasteiger partial charge is 0.461 e. The Morgan fingerprint density at radius 1 is 1.30 bits per heavy atom. The predicted octanol–water partition coefficient (Wildman–Crippen LogP) is 3.66. The molecule has 2 rings (SSSR count). The van der Waals surface area contributed by atoms with Gasteiger partial charge in [-0.05, 0) is 55.7 Å². The van der Waals surface area contributed by atoms with E-state index in [9.17, 15) is 4.79 Å². The van der Waals surface area contributed by atoms with Crippen molar-refractivity contribution in [2.45, 2.75) is 64.6 Å². The lowest BCUT2D eigenvalue weighted by Gasteiger charge is -2.21.